The number of hydrogen-bond donors (Lipinski definition) is 0. The second-order valence-corrected chi connectivity index (χ2v) is 17.2. The summed E-state index contributed by atoms with van der Waals surface area (Å²) in [5.41, 5.74) is 14.1. The van der Waals surface area contributed by atoms with Crippen LogP contribution in [0.15, 0.2) is 253 Å². The van der Waals surface area contributed by atoms with Gasteiger partial charge in [0.15, 0.2) is 0 Å². The van der Waals surface area contributed by atoms with E-state index in [0.29, 0.717) is 0 Å². The Morgan fingerprint density at radius 2 is 0.788 bits per heavy atom. The molecule has 0 fully saturated rings. The molecule has 0 bridgehead atoms. The molecule has 0 atom stereocenters. The average Bonchev–Trinajstić information content (AvgIpc) is 3.79. The zero-order valence-corrected chi connectivity index (χ0v) is 36.0. The molecule has 0 spiro atoms. The number of anilines is 3. The topological polar surface area (TPSA) is 16.4 Å². The van der Waals surface area contributed by atoms with E-state index in [0.717, 1.165) is 66.8 Å². The van der Waals surface area contributed by atoms with Gasteiger partial charge in [-0.25, -0.2) is 0 Å². The van der Waals surface area contributed by atoms with Gasteiger partial charge in [-0.1, -0.05) is 194 Å². The third-order valence-electron chi connectivity index (χ3n) is 13.4. The van der Waals surface area contributed by atoms with Gasteiger partial charge in [0.1, 0.15) is 11.2 Å². The lowest BCUT2D eigenvalue weighted by atomic mass is 9.92. The molecule has 0 aliphatic heterocycles. The Hall–Kier alpha value is -8.72. The number of nitrogens with zero attached hydrogens (tertiary/aromatic N) is 1. The first-order valence-electron chi connectivity index (χ1n) is 22.7. The van der Waals surface area contributed by atoms with Crippen molar-refractivity contribution in [2.45, 2.75) is 0 Å². The van der Waals surface area contributed by atoms with Crippen LogP contribution in [0.3, 0.4) is 0 Å². The number of furan rings is 1. The first kappa shape index (κ1) is 37.8. The van der Waals surface area contributed by atoms with Crippen LogP contribution in [0, 0.1) is 0 Å². The van der Waals surface area contributed by atoms with Crippen LogP contribution in [0.25, 0.3) is 110 Å². The molecule has 0 radical (unpaired) electrons. The summed E-state index contributed by atoms with van der Waals surface area (Å²) in [6.45, 7) is 0. The van der Waals surface area contributed by atoms with Gasteiger partial charge in [0.2, 0.25) is 0 Å². The lowest BCUT2D eigenvalue weighted by Gasteiger charge is -2.27. The van der Waals surface area contributed by atoms with Crippen molar-refractivity contribution in [2.75, 3.05) is 4.90 Å². The molecule has 1 heterocycles. The number of fused-ring (bicyclic) bond motifs is 10. The maximum atomic E-state index is 6.90. The molecule has 2 nitrogen and oxygen atoms in total. The molecular weight excluding hydrogens is 799 g/mol. The van der Waals surface area contributed by atoms with Gasteiger partial charge in [-0.15, -0.1) is 0 Å². The quantitative estimate of drug-likeness (QED) is 0.149. The van der Waals surface area contributed by atoms with E-state index < -0.39 is 0 Å². The lowest BCUT2D eigenvalue weighted by Crippen LogP contribution is -2.10. The standard InChI is InChI=1S/C64H41NO/c1-2-13-42(14-3-1)44-25-27-45(28-26-44)48-17-12-18-52(40-48)65(61-38-37-53(50-30-29-43-15-4-5-16-47(43)39-50)64-63(61)59-23-10-11-24-62(59)66-64)51-34-31-46(32-35-51)49-33-36-58-56-21-7-6-19-54(56)55-20-8-9-22-57(55)60(58)41-49/h1-41H. The van der Waals surface area contributed by atoms with Crippen LogP contribution in [-0.4, -0.2) is 0 Å². The van der Waals surface area contributed by atoms with Gasteiger partial charge in [0, 0.05) is 22.3 Å². The number of benzene rings is 12. The molecule has 0 saturated carbocycles. The highest BCUT2D eigenvalue weighted by Crippen LogP contribution is 2.47. The van der Waals surface area contributed by atoms with Crippen molar-refractivity contribution in [2.24, 2.45) is 0 Å². The molecule has 0 N–H and O–H groups in total. The molecule has 0 unspecified atom stereocenters. The first-order valence-corrected chi connectivity index (χ1v) is 22.7. The third kappa shape index (κ3) is 6.34. The number of para-hydroxylation sites is 1. The molecule has 13 aromatic rings. The minimum Gasteiger partial charge on any atom is -0.455 e. The maximum Gasteiger partial charge on any atom is 0.145 e. The maximum absolute atomic E-state index is 6.90. The van der Waals surface area contributed by atoms with Gasteiger partial charge in [-0.3, -0.25) is 0 Å². The van der Waals surface area contributed by atoms with E-state index in [1.807, 2.05) is 0 Å². The van der Waals surface area contributed by atoms with Crippen molar-refractivity contribution in [1.29, 1.82) is 0 Å². The van der Waals surface area contributed by atoms with Gasteiger partial charge in [0.05, 0.1) is 11.1 Å². The molecule has 12 aromatic carbocycles. The highest BCUT2D eigenvalue weighted by molar-refractivity contribution is 6.26. The van der Waals surface area contributed by atoms with Gasteiger partial charge in [-0.05, 0) is 137 Å². The fourth-order valence-corrected chi connectivity index (χ4v) is 10.2. The SMILES string of the molecule is c1ccc(-c2ccc(-c3cccc(N(c4ccc(-c5ccc6c7ccccc7c7ccccc7c6c5)cc4)c4ccc(-c5ccc6ccccc6c5)c5oc6ccccc6c45)c3)cc2)cc1. The molecule has 308 valence electrons. The molecule has 0 amide bonds. The van der Waals surface area contributed by atoms with Crippen molar-refractivity contribution in [1.82, 2.24) is 0 Å². The summed E-state index contributed by atoms with van der Waals surface area (Å²) in [6.07, 6.45) is 0. The van der Waals surface area contributed by atoms with E-state index >= 15 is 0 Å². The summed E-state index contributed by atoms with van der Waals surface area (Å²) in [4.78, 5) is 2.40. The molecular formula is C64H41NO. The van der Waals surface area contributed by atoms with Crippen LogP contribution in [-0.2, 0) is 0 Å². The van der Waals surface area contributed by atoms with E-state index in [2.05, 4.69) is 254 Å². The van der Waals surface area contributed by atoms with Crippen LogP contribution < -0.4 is 4.90 Å². The highest BCUT2D eigenvalue weighted by atomic mass is 16.3. The van der Waals surface area contributed by atoms with Crippen molar-refractivity contribution in [3.8, 4) is 44.5 Å². The van der Waals surface area contributed by atoms with Gasteiger partial charge in [-0.2, -0.15) is 0 Å². The Morgan fingerprint density at radius 3 is 1.52 bits per heavy atom. The summed E-state index contributed by atoms with van der Waals surface area (Å²) in [6, 6.07) is 90.2. The van der Waals surface area contributed by atoms with Crippen LogP contribution in [0.5, 0.6) is 0 Å². The van der Waals surface area contributed by atoms with E-state index in [-0.39, 0.29) is 0 Å². The zero-order valence-electron chi connectivity index (χ0n) is 36.0. The second kappa shape index (κ2) is 15.5. The minimum atomic E-state index is 0.862. The second-order valence-electron chi connectivity index (χ2n) is 17.2. The van der Waals surface area contributed by atoms with E-state index in [1.165, 1.54) is 59.8 Å². The molecule has 0 saturated heterocycles. The van der Waals surface area contributed by atoms with E-state index in [4.69, 9.17) is 4.42 Å². The van der Waals surface area contributed by atoms with Crippen molar-refractivity contribution in [3.63, 3.8) is 0 Å². The van der Waals surface area contributed by atoms with Crippen LogP contribution in [0.1, 0.15) is 0 Å². The fourth-order valence-electron chi connectivity index (χ4n) is 10.2. The third-order valence-corrected chi connectivity index (χ3v) is 13.4. The van der Waals surface area contributed by atoms with Gasteiger partial charge in [0.25, 0.3) is 0 Å². The predicted octanol–water partition coefficient (Wildman–Crippen LogP) is 18.3. The van der Waals surface area contributed by atoms with Crippen molar-refractivity contribution < 1.29 is 4.42 Å². The van der Waals surface area contributed by atoms with Gasteiger partial charge < -0.3 is 9.32 Å². The zero-order chi connectivity index (χ0) is 43.6. The molecule has 2 heteroatoms. The first-order chi connectivity index (χ1) is 32.7. The molecule has 0 aliphatic rings. The van der Waals surface area contributed by atoms with Crippen LogP contribution in [0.2, 0.25) is 0 Å². The van der Waals surface area contributed by atoms with Crippen molar-refractivity contribution in [3.05, 3.63) is 249 Å². The minimum absolute atomic E-state index is 0.862. The summed E-state index contributed by atoms with van der Waals surface area (Å²) in [7, 11) is 0. The predicted molar refractivity (Wildman–Crippen MR) is 280 cm³/mol. The Labute approximate surface area is 382 Å². The molecule has 13 rings (SSSR count). The molecule has 66 heavy (non-hydrogen) atoms. The summed E-state index contributed by atoms with van der Waals surface area (Å²) in [5.74, 6) is 0. The Morgan fingerprint density at radius 1 is 0.273 bits per heavy atom. The normalized spacial score (nSPS) is 11.6. The number of hydrogen-bond acceptors (Lipinski definition) is 2. The summed E-state index contributed by atoms with van der Waals surface area (Å²) >= 11 is 0. The van der Waals surface area contributed by atoms with Gasteiger partial charge >= 0.3 is 0 Å². The smallest absolute Gasteiger partial charge is 0.145 e. The number of rotatable bonds is 7. The summed E-state index contributed by atoms with van der Waals surface area (Å²) in [5, 5.41) is 12.2. The Bertz CT molecular complexity index is 3940. The van der Waals surface area contributed by atoms with Crippen molar-refractivity contribution >= 4 is 82.1 Å². The molecule has 0 aliphatic carbocycles. The van der Waals surface area contributed by atoms with Crippen LogP contribution >= 0.6 is 0 Å². The Kier molecular flexibility index (Phi) is 8.89. The average molecular weight is 840 g/mol. The Balaban J connectivity index is 0.980. The largest absolute Gasteiger partial charge is 0.455 e. The fraction of sp³-hybridized carbons (Fsp3) is 0. The monoisotopic (exact) mass is 839 g/mol. The molecule has 1 aromatic heterocycles. The van der Waals surface area contributed by atoms with E-state index in [9.17, 15) is 0 Å². The highest BCUT2D eigenvalue weighted by Gasteiger charge is 2.23. The van der Waals surface area contributed by atoms with E-state index in [1.54, 1.807) is 0 Å². The lowest BCUT2D eigenvalue weighted by molar-refractivity contribution is 0.670. The summed E-state index contributed by atoms with van der Waals surface area (Å²) < 4.78 is 6.90. The van der Waals surface area contributed by atoms with Crippen LogP contribution in [0.4, 0.5) is 17.1 Å².